The van der Waals surface area contributed by atoms with Gasteiger partial charge in [-0.15, -0.1) is 0 Å². The van der Waals surface area contributed by atoms with Crippen LogP contribution in [0, 0.1) is 22.7 Å². The van der Waals surface area contributed by atoms with Crippen molar-refractivity contribution in [2.75, 3.05) is 19.7 Å². The first-order chi connectivity index (χ1) is 29.4. The number of allylic oxidation sites excluding steroid dienone is 1. The molecule has 7 aliphatic rings. The summed E-state index contributed by atoms with van der Waals surface area (Å²) in [5, 5.41) is 16.4. The maximum Gasteiger partial charge on any atom is 0.327 e. The minimum atomic E-state index is -1.42. The number of aliphatic hydroxyl groups excluding tert-OH is 1. The summed E-state index contributed by atoms with van der Waals surface area (Å²) in [6.07, 6.45) is 5.06. The number of aliphatic hydroxyl groups is 1. The quantitative estimate of drug-likeness (QED) is 0.166. The Balaban J connectivity index is 0.973. The minimum absolute atomic E-state index is 0.000779. The first kappa shape index (κ1) is 40.6. The van der Waals surface area contributed by atoms with E-state index in [-0.39, 0.29) is 50.6 Å². The van der Waals surface area contributed by atoms with Crippen LogP contribution in [0.5, 0.6) is 0 Å². The lowest BCUT2D eigenvalue weighted by Gasteiger charge is -2.53. The van der Waals surface area contributed by atoms with Gasteiger partial charge in [0.1, 0.15) is 29.8 Å². The summed E-state index contributed by atoms with van der Waals surface area (Å²) < 4.78 is 26.6. The Kier molecular flexibility index (Phi) is 10.3. The van der Waals surface area contributed by atoms with Crippen molar-refractivity contribution in [3.05, 3.63) is 113 Å². The molecular weight excluding hydrogens is 775 g/mol. The first-order valence-corrected chi connectivity index (χ1v) is 22.2. The van der Waals surface area contributed by atoms with Crippen LogP contribution in [0.25, 0.3) is 6.08 Å². The third-order valence-electron chi connectivity index (χ3n) is 15.0. The van der Waals surface area contributed by atoms with E-state index >= 15 is 0 Å². The molecule has 322 valence electrons. The van der Waals surface area contributed by atoms with Crippen LogP contribution in [0.15, 0.2) is 90.5 Å². The lowest BCUT2D eigenvalue weighted by Crippen LogP contribution is -2.69. The molecule has 0 aromatic heterocycles. The normalized spacial score (nSPS) is 35.9. The molecule has 4 aliphatic heterocycles. The van der Waals surface area contributed by atoms with Crippen molar-refractivity contribution in [1.82, 2.24) is 15.7 Å². The summed E-state index contributed by atoms with van der Waals surface area (Å²) >= 11 is 0. The van der Waals surface area contributed by atoms with Crippen molar-refractivity contribution in [2.45, 2.75) is 120 Å². The SMILES string of the molecule is CC1(C)CC2C(=Cc3cccc(CN4OC5C6OC(c7ccccc7)(c7ccccc7)OC6C6CC5(C(=O)NCCC(=O)NCCO)C4C(=O)O6)c3)CCC3OC3(C)CCC21. The molecule has 0 radical (unpaired) electrons. The number of nitrogens with zero attached hydrogens (tertiary/aromatic N) is 1. The fraction of sp³-hybridized carbons (Fsp3) is 0.531. The van der Waals surface area contributed by atoms with Gasteiger partial charge in [0.15, 0.2) is 6.04 Å². The number of hydrogen-bond acceptors (Lipinski definition) is 10. The van der Waals surface area contributed by atoms with Crippen LogP contribution in [0.2, 0.25) is 0 Å². The Morgan fingerprint density at radius 3 is 2.33 bits per heavy atom. The van der Waals surface area contributed by atoms with Gasteiger partial charge in [-0.25, -0.2) is 0 Å². The molecule has 0 spiro atoms. The Bertz CT molecular complexity index is 2160. The summed E-state index contributed by atoms with van der Waals surface area (Å²) in [6, 6.07) is 26.6. The van der Waals surface area contributed by atoms with E-state index in [1.807, 2.05) is 72.8 Å². The highest BCUT2D eigenvalue weighted by Gasteiger charge is 2.76. The van der Waals surface area contributed by atoms with Crippen LogP contribution in [0.3, 0.4) is 0 Å². The third kappa shape index (κ3) is 6.94. The van der Waals surface area contributed by atoms with Gasteiger partial charge in [0.2, 0.25) is 17.6 Å². The summed E-state index contributed by atoms with van der Waals surface area (Å²) in [5.74, 6) is -1.48. The Morgan fingerprint density at radius 1 is 0.869 bits per heavy atom. The zero-order chi connectivity index (χ0) is 42.1. The van der Waals surface area contributed by atoms with E-state index in [1.54, 1.807) is 5.06 Å². The third-order valence-corrected chi connectivity index (χ3v) is 15.0. The number of epoxide rings is 1. The summed E-state index contributed by atoms with van der Waals surface area (Å²) in [7, 11) is 0. The number of benzene rings is 3. The second-order valence-corrected chi connectivity index (χ2v) is 19.2. The maximum atomic E-state index is 14.8. The van der Waals surface area contributed by atoms with Crippen molar-refractivity contribution < 1.29 is 43.3 Å². The van der Waals surface area contributed by atoms with Crippen molar-refractivity contribution >= 4 is 23.9 Å². The molecule has 61 heavy (non-hydrogen) atoms. The maximum absolute atomic E-state index is 14.8. The Labute approximate surface area is 357 Å². The van der Waals surface area contributed by atoms with E-state index in [1.165, 1.54) is 18.4 Å². The predicted octanol–water partition coefficient (Wildman–Crippen LogP) is 5.56. The highest BCUT2D eigenvalue weighted by Crippen LogP contribution is 2.61. The lowest BCUT2D eigenvalue weighted by molar-refractivity contribution is -0.213. The highest BCUT2D eigenvalue weighted by molar-refractivity contribution is 5.94. The second kappa shape index (κ2) is 15.4. The summed E-state index contributed by atoms with van der Waals surface area (Å²) in [4.78, 5) is 48.6. The minimum Gasteiger partial charge on any atom is -0.458 e. The number of nitrogens with one attached hydrogen (secondary N) is 2. The number of rotatable bonds is 11. The lowest BCUT2D eigenvalue weighted by atomic mass is 9.52. The summed E-state index contributed by atoms with van der Waals surface area (Å²) in [5.41, 5.74) is 3.92. The largest absolute Gasteiger partial charge is 0.458 e. The van der Waals surface area contributed by atoms with E-state index in [9.17, 15) is 19.5 Å². The molecule has 3 N–H and O–H groups in total. The number of fused-ring (bicyclic) bond motifs is 6. The molecule has 12 heteroatoms. The molecule has 3 aliphatic carbocycles. The molecule has 10 unspecified atom stereocenters. The van der Waals surface area contributed by atoms with Crippen LogP contribution < -0.4 is 10.6 Å². The molecule has 10 rings (SSSR count). The molecule has 7 fully saturated rings. The van der Waals surface area contributed by atoms with Crippen molar-refractivity contribution in [3.8, 4) is 0 Å². The zero-order valence-electron chi connectivity index (χ0n) is 35.2. The predicted molar refractivity (Wildman–Crippen MR) is 224 cm³/mol. The van der Waals surface area contributed by atoms with Crippen LogP contribution in [-0.4, -0.2) is 89.8 Å². The number of hydroxylamine groups is 2. The van der Waals surface area contributed by atoms with Crippen LogP contribution in [0.1, 0.15) is 88.0 Å². The molecule has 12 nitrogen and oxygen atoms in total. The van der Waals surface area contributed by atoms with Gasteiger partial charge in [0.25, 0.3) is 0 Å². The van der Waals surface area contributed by atoms with E-state index < -0.39 is 53.5 Å². The van der Waals surface area contributed by atoms with Gasteiger partial charge in [0.05, 0.1) is 24.9 Å². The number of hydrogen-bond donors (Lipinski definition) is 3. The van der Waals surface area contributed by atoms with Gasteiger partial charge >= 0.3 is 5.97 Å². The zero-order valence-corrected chi connectivity index (χ0v) is 35.2. The molecular formula is C49H57N3O9. The van der Waals surface area contributed by atoms with E-state index in [4.69, 9.17) is 23.8 Å². The number of amides is 2. The number of carbonyl (C=O) groups is 3. The Hall–Kier alpha value is -4.43. The Morgan fingerprint density at radius 2 is 1.61 bits per heavy atom. The van der Waals surface area contributed by atoms with Crippen LogP contribution >= 0.6 is 0 Å². The number of carbonyl (C=O) groups excluding carboxylic acids is 3. The van der Waals surface area contributed by atoms with Crippen molar-refractivity contribution in [2.24, 2.45) is 22.7 Å². The molecule has 10 atom stereocenters. The van der Waals surface area contributed by atoms with Crippen molar-refractivity contribution in [1.29, 1.82) is 0 Å². The first-order valence-electron chi connectivity index (χ1n) is 22.2. The van der Waals surface area contributed by atoms with Crippen LogP contribution in [-0.2, 0) is 50.5 Å². The highest BCUT2D eigenvalue weighted by atomic mass is 16.8. The monoisotopic (exact) mass is 831 g/mol. The molecule has 3 saturated carbocycles. The van der Waals surface area contributed by atoms with Gasteiger partial charge in [-0.3, -0.25) is 19.2 Å². The van der Waals surface area contributed by atoms with Crippen molar-refractivity contribution in [3.63, 3.8) is 0 Å². The summed E-state index contributed by atoms with van der Waals surface area (Å²) in [6.45, 7) is 7.26. The number of esters is 1. The fourth-order valence-corrected chi connectivity index (χ4v) is 11.8. The van der Waals surface area contributed by atoms with E-state index in [2.05, 4.69) is 49.6 Å². The van der Waals surface area contributed by atoms with Gasteiger partial charge in [0, 0.05) is 37.1 Å². The standard InChI is InChI=1S/C49H57N3O9/c1-46(2)27-35-32(17-18-38-47(3,58-38)21-19-36(35)46)26-30-11-10-12-31(25-30)29-52-42-44(55)57-37-28-48(42,45(56)51-22-20-39(54)50-23-24-53)43(61-52)41-40(37)59-49(60-41,33-13-6-4-7-14-33)34-15-8-5-9-16-34/h4-16,25-26,35-38,40-43,53H,17-24,27-29H2,1-3H3,(H,50,54)(H,51,56). The van der Waals surface area contributed by atoms with Gasteiger partial charge in [-0.1, -0.05) is 110 Å². The molecule has 2 bridgehead atoms. The smallest absolute Gasteiger partial charge is 0.327 e. The second-order valence-electron chi connectivity index (χ2n) is 19.2. The average Bonchev–Trinajstić information content (AvgIpc) is 3.53. The topological polar surface area (TPSA) is 148 Å². The molecule has 4 saturated heterocycles. The molecule has 4 heterocycles. The fourth-order valence-electron chi connectivity index (χ4n) is 11.8. The van der Waals surface area contributed by atoms with Gasteiger partial charge in [-0.05, 0) is 67.4 Å². The van der Waals surface area contributed by atoms with Gasteiger partial charge in [-0.2, -0.15) is 5.06 Å². The average molecular weight is 832 g/mol. The van der Waals surface area contributed by atoms with E-state index in [0.29, 0.717) is 23.4 Å². The van der Waals surface area contributed by atoms with Crippen LogP contribution in [0.4, 0.5) is 0 Å². The molecule has 2 amide bonds. The molecule has 3 aromatic rings. The molecule has 3 aromatic carbocycles. The van der Waals surface area contributed by atoms with E-state index in [0.717, 1.165) is 41.5 Å². The van der Waals surface area contributed by atoms with Gasteiger partial charge < -0.3 is 34.7 Å². The number of ether oxygens (including phenoxy) is 4.